The molecule has 0 aromatic rings. The molecule has 1 aliphatic heterocycles. The maximum Gasteiger partial charge on any atom is 0.244 e. The third-order valence-corrected chi connectivity index (χ3v) is 4.89. The van der Waals surface area contributed by atoms with Crippen LogP contribution >= 0.6 is 0 Å². The summed E-state index contributed by atoms with van der Waals surface area (Å²) in [7, 11) is 1.77. The molecule has 4 heteroatoms. The third kappa shape index (κ3) is 2.52. The summed E-state index contributed by atoms with van der Waals surface area (Å²) in [5.74, 6) is 0.703. The third-order valence-electron chi connectivity index (χ3n) is 4.89. The van der Waals surface area contributed by atoms with Crippen molar-refractivity contribution in [1.29, 1.82) is 0 Å². The normalized spacial score (nSPS) is 39.6. The average Bonchev–Trinajstić information content (AvgIpc) is 2.94. The Labute approximate surface area is 116 Å². The van der Waals surface area contributed by atoms with Crippen molar-refractivity contribution < 1.29 is 9.53 Å². The first kappa shape index (κ1) is 14.8. The molecule has 1 N–H and O–H groups in total. The molecule has 0 aromatic heterocycles. The molecule has 0 spiro atoms. The van der Waals surface area contributed by atoms with E-state index in [9.17, 15) is 4.79 Å². The Morgan fingerprint density at radius 1 is 1.47 bits per heavy atom. The van der Waals surface area contributed by atoms with Gasteiger partial charge in [-0.15, -0.1) is 0 Å². The minimum absolute atomic E-state index is 0.165. The zero-order valence-corrected chi connectivity index (χ0v) is 12.9. The van der Waals surface area contributed by atoms with Gasteiger partial charge in [-0.05, 0) is 38.5 Å². The molecule has 0 bridgehead atoms. The van der Waals surface area contributed by atoms with E-state index in [0.29, 0.717) is 18.1 Å². The van der Waals surface area contributed by atoms with Gasteiger partial charge >= 0.3 is 0 Å². The Balaban J connectivity index is 2.19. The molecule has 1 amide bonds. The highest BCUT2D eigenvalue weighted by Crippen LogP contribution is 2.35. The van der Waals surface area contributed by atoms with Gasteiger partial charge < -0.3 is 9.64 Å². The zero-order chi connectivity index (χ0) is 14.2. The van der Waals surface area contributed by atoms with Gasteiger partial charge in [0.1, 0.15) is 0 Å². The first-order chi connectivity index (χ1) is 8.92. The number of nitrogens with zero attached hydrogens (tertiary/aromatic N) is 1. The van der Waals surface area contributed by atoms with E-state index in [1.54, 1.807) is 7.11 Å². The number of methoxy groups -OCH3 is 1. The molecular formula is C15H28N2O2. The fourth-order valence-electron chi connectivity index (χ4n) is 3.39. The van der Waals surface area contributed by atoms with Crippen molar-refractivity contribution in [2.45, 2.75) is 77.2 Å². The standard InChI is InChI=1S/C15H28N2O2/c1-6-15(4)14(18)17(13(16-15)10(2)3)11-7-8-12(9-11)19-5/h10-13,16H,6-9H2,1-5H3. The Morgan fingerprint density at radius 3 is 2.63 bits per heavy atom. The van der Waals surface area contributed by atoms with Gasteiger partial charge in [-0.1, -0.05) is 20.8 Å². The fourth-order valence-corrected chi connectivity index (χ4v) is 3.39. The van der Waals surface area contributed by atoms with Crippen LogP contribution in [0, 0.1) is 5.92 Å². The summed E-state index contributed by atoms with van der Waals surface area (Å²) in [5.41, 5.74) is -0.389. The molecule has 2 fully saturated rings. The number of hydrogen-bond acceptors (Lipinski definition) is 3. The van der Waals surface area contributed by atoms with Gasteiger partial charge in [0.05, 0.1) is 17.8 Å². The van der Waals surface area contributed by atoms with Crippen LogP contribution in [0.25, 0.3) is 0 Å². The average molecular weight is 268 g/mol. The van der Waals surface area contributed by atoms with E-state index in [0.717, 1.165) is 25.7 Å². The quantitative estimate of drug-likeness (QED) is 0.849. The van der Waals surface area contributed by atoms with Crippen molar-refractivity contribution in [3.8, 4) is 0 Å². The van der Waals surface area contributed by atoms with Gasteiger partial charge in [0.25, 0.3) is 0 Å². The minimum atomic E-state index is -0.389. The maximum atomic E-state index is 12.8. The molecule has 0 radical (unpaired) electrons. The number of amides is 1. The highest BCUT2D eigenvalue weighted by atomic mass is 16.5. The van der Waals surface area contributed by atoms with Gasteiger partial charge in [0.15, 0.2) is 0 Å². The topological polar surface area (TPSA) is 41.6 Å². The highest BCUT2D eigenvalue weighted by molar-refractivity contribution is 5.88. The predicted molar refractivity (Wildman–Crippen MR) is 75.7 cm³/mol. The van der Waals surface area contributed by atoms with E-state index in [2.05, 4.69) is 31.0 Å². The van der Waals surface area contributed by atoms with Crippen molar-refractivity contribution in [2.75, 3.05) is 7.11 Å². The van der Waals surface area contributed by atoms with Crippen LogP contribution in [0.3, 0.4) is 0 Å². The Bertz CT molecular complexity index is 345. The van der Waals surface area contributed by atoms with E-state index in [1.165, 1.54) is 0 Å². The lowest BCUT2D eigenvalue weighted by molar-refractivity contribution is -0.135. The van der Waals surface area contributed by atoms with Crippen molar-refractivity contribution >= 4 is 5.91 Å². The molecule has 1 saturated heterocycles. The SMILES string of the molecule is CCC1(C)NC(C(C)C)N(C2CCC(OC)C2)C1=O. The van der Waals surface area contributed by atoms with Crippen molar-refractivity contribution in [3.63, 3.8) is 0 Å². The summed E-state index contributed by atoms with van der Waals surface area (Å²) in [6.45, 7) is 8.48. The summed E-state index contributed by atoms with van der Waals surface area (Å²) >= 11 is 0. The second kappa shape index (κ2) is 5.41. The summed E-state index contributed by atoms with van der Waals surface area (Å²) in [4.78, 5) is 14.9. The molecule has 0 aromatic carbocycles. The van der Waals surface area contributed by atoms with Crippen LogP contribution in [0.15, 0.2) is 0 Å². The molecule has 19 heavy (non-hydrogen) atoms. The van der Waals surface area contributed by atoms with Crippen LogP contribution in [0.5, 0.6) is 0 Å². The maximum absolute atomic E-state index is 12.8. The van der Waals surface area contributed by atoms with Crippen LogP contribution in [0.4, 0.5) is 0 Å². The van der Waals surface area contributed by atoms with Crippen molar-refractivity contribution in [1.82, 2.24) is 10.2 Å². The van der Waals surface area contributed by atoms with E-state index in [1.807, 2.05) is 6.92 Å². The number of hydrogen-bond donors (Lipinski definition) is 1. The molecule has 2 rings (SSSR count). The summed E-state index contributed by atoms with van der Waals surface area (Å²) in [6, 6.07) is 0.339. The van der Waals surface area contributed by atoms with Gasteiger partial charge in [-0.3, -0.25) is 10.1 Å². The lowest BCUT2D eigenvalue weighted by Gasteiger charge is -2.32. The van der Waals surface area contributed by atoms with Gasteiger partial charge in [-0.2, -0.15) is 0 Å². The molecule has 1 heterocycles. The predicted octanol–water partition coefficient (Wildman–Crippen LogP) is 2.14. The lowest BCUT2D eigenvalue weighted by atomic mass is 9.99. The number of carbonyl (C=O) groups excluding carboxylic acids is 1. The van der Waals surface area contributed by atoms with E-state index in [-0.39, 0.29) is 17.6 Å². The van der Waals surface area contributed by atoms with Gasteiger partial charge in [-0.25, -0.2) is 0 Å². The second-order valence-corrected chi connectivity index (χ2v) is 6.56. The van der Waals surface area contributed by atoms with Crippen LogP contribution in [-0.4, -0.2) is 41.8 Å². The molecule has 4 atom stereocenters. The van der Waals surface area contributed by atoms with Gasteiger partial charge in [0, 0.05) is 13.2 Å². The van der Waals surface area contributed by atoms with Crippen LogP contribution in [-0.2, 0) is 9.53 Å². The molecule has 2 aliphatic rings. The Morgan fingerprint density at radius 2 is 2.16 bits per heavy atom. The first-order valence-corrected chi connectivity index (χ1v) is 7.56. The highest BCUT2D eigenvalue weighted by Gasteiger charge is 2.50. The van der Waals surface area contributed by atoms with Crippen molar-refractivity contribution in [2.24, 2.45) is 5.92 Å². The second-order valence-electron chi connectivity index (χ2n) is 6.56. The molecule has 1 aliphatic carbocycles. The first-order valence-electron chi connectivity index (χ1n) is 7.56. The van der Waals surface area contributed by atoms with Crippen LogP contribution in [0.1, 0.15) is 53.4 Å². The number of carbonyl (C=O) groups is 1. The van der Waals surface area contributed by atoms with E-state index in [4.69, 9.17) is 4.74 Å². The molecule has 4 nitrogen and oxygen atoms in total. The van der Waals surface area contributed by atoms with Crippen LogP contribution < -0.4 is 5.32 Å². The minimum Gasteiger partial charge on any atom is -0.381 e. The van der Waals surface area contributed by atoms with Crippen molar-refractivity contribution in [3.05, 3.63) is 0 Å². The molecule has 1 saturated carbocycles. The number of nitrogens with one attached hydrogen (secondary N) is 1. The largest absolute Gasteiger partial charge is 0.381 e. The summed E-state index contributed by atoms with van der Waals surface area (Å²) < 4.78 is 5.45. The smallest absolute Gasteiger partial charge is 0.244 e. The Kier molecular flexibility index (Phi) is 4.21. The fraction of sp³-hybridized carbons (Fsp3) is 0.933. The summed E-state index contributed by atoms with van der Waals surface area (Å²) in [6.07, 6.45) is 4.43. The molecule has 110 valence electrons. The monoisotopic (exact) mass is 268 g/mol. The molecule has 4 unspecified atom stereocenters. The number of rotatable bonds is 4. The number of ether oxygens (including phenoxy) is 1. The van der Waals surface area contributed by atoms with Crippen LogP contribution in [0.2, 0.25) is 0 Å². The lowest BCUT2D eigenvalue weighted by Crippen LogP contribution is -2.46. The Hall–Kier alpha value is -0.610. The van der Waals surface area contributed by atoms with E-state index >= 15 is 0 Å². The summed E-state index contributed by atoms with van der Waals surface area (Å²) in [5, 5.41) is 3.56. The zero-order valence-electron chi connectivity index (χ0n) is 12.9. The molecular weight excluding hydrogens is 240 g/mol. The van der Waals surface area contributed by atoms with E-state index < -0.39 is 0 Å². The van der Waals surface area contributed by atoms with Gasteiger partial charge in [0.2, 0.25) is 5.91 Å².